The summed E-state index contributed by atoms with van der Waals surface area (Å²) in [6.45, 7) is 18.7. The van der Waals surface area contributed by atoms with Crippen molar-refractivity contribution in [2.45, 2.75) is 79.7 Å². The Labute approximate surface area is 140 Å². The van der Waals surface area contributed by atoms with Crippen LogP contribution in [0, 0.1) is 17.3 Å². The van der Waals surface area contributed by atoms with Gasteiger partial charge in [0.15, 0.2) is 0 Å². The second-order valence-electron chi connectivity index (χ2n) is 8.13. The first-order chi connectivity index (χ1) is 10.4. The highest BCUT2D eigenvalue weighted by Gasteiger charge is 2.34. The lowest BCUT2D eigenvalue weighted by molar-refractivity contribution is 0.0391. The summed E-state index contributed by atoms with van der Waals surface area (Å²) in [5.74, 6) is 1.88. The lowest BCUT2D eigenvalue weighted by Gasteiger charge is -2.45. The summed E-state index contributed by atoms with van der Waals surface area (Å²) in [5.41, 5.74) is 0.619. The van der Waals surface area contributed by atoms with Crippen LogP contribution < -0.4 is 0 Å². The van der Waals surface area contributed by atoms with E-state index in [1.54, 1.807) is 0 Å². The van der Waals surface area contributed by atoms with Gasteiger partial charge in [0.05, 0.1) is 0 Å². The molecule has 0 N–H and O–H groups in total. The highest BCUT2D eigenvalue weighted by atomic mass is 15.3. The number of hydrogen-bond acceptors (Lipinski definition) is 2. The summed E-state index contributed by atoms with van der Waals surface area (Å²) < 4.78 is 0. The van der Waals surface area contributed by atoms with E-state index in [1.807, 2.05) is 13.8 Å². The van der Waals surface area contributed by atoms with Crippen molar-refractivity contribution in [2.24, 2.45) is 17.3 Å². The maximum atomic E-state index is 2.62. The number of nitrogens with zero attached hydrogens (tertiary/aromatic N) is 2. The van der Waals surface area contributed by atoms with Crippen molar-refractivity contribution in [3.8, 4) is 0 Å². The molecule has 0 unspecified atom stereocenters. The summed E-state index contributed by atoms with van der Waals surface area (Å²) in [5, 5.41) is 0. The number of hydrogen-bond donors (Lipinski definition) is 0. The first-order valence-electron chi connectivity index (χ1n) is 9.86. The van der Waals surface area contributed by atoms with Gasteiger partial charge in [-0.2, -0.15) is 0 Å². The van der Waals surface area contributed by atoms with E-state index in [0.29, 0.717) is 5.41 Å². The summed E-state index contributed by atoms with van der Waals surface area (Å²) in [7, 11) is 2.33. The van der Waals surface area contributed by atoms with Crippen molar-refractivity contribution in [3.05, 3.63) is 0 Å². The van der Waals surface area contributed by atoms with Gasteiger partial charge in [-0.15, -0.1) is 0 Å². The number of likely N-dealkylation sites (tertiary alicyclic amines) is 1. The van der Waals surface area contributed by atoms with E-state index in [4.69, 9.17) is 0 Å². The Morgan fingerprint density at radius 2 is 1.68 bits per heavy atom. The highest BCUT2D eigenvalue weighted by molar-refractivity contribution is 4.88. The van der Waals surface area contributed by atoms with Crippen LogP contribution in [0.1, 0.15) is 73.6 Å². The van der Waals surface area contributed by atoms with Crippen LogP contribution >= 0.6 is 0 Å². The molecule has 1 heterocycles. The van der Waals surface area contributed by atoms with Gasteiger partial charge in [0.25, 0.3) is 0 Å². The fraction of sp³-hybridized carbons (Fsp3) is 1.00. The fourth-order valence-corrected chi connectivity index (χ4v) is 3.96. The van der Waals surface area contributed by atoms with Gasteiger partial charge in [-0.1, -0.05) is 41.5 Å². The third-order valence-corrected chi connectivity index (χ3v) is 6.26. The van der Waals surface area contributed by atoms with Crippen LogP contribution in [0.2, 0.25) is 0 Å². The lowest BCUT2D eigenvalue weighted by atomic mass is 9.67. The van der Waals surface area contributed by atoms with Gasteiger partial charge in [-0.25, -0.2) is 0 Å². The third kappa shape index (κ3) is 5.53. The van der Waals surface area contributed by atoms with E-state index < -0.39 is 0 Å². The Kier molecular flexibility index (Phi) is 8.42. The van der Waals surface area contributed by atoms with Gasteiger partial charge in [-0.3, -0.25) is 0 Å². The fourth-order valence-electron chi connectivity index (χ4n) is 3.96. The molecule has 0 aromatic rings. The molecular weight excluding hydrogens is 268 g/mol. The first-order valence-corrected chi connectivity index (χ1v) is 9.86. The molecule has 22 heavy (non-hydrogen) atoms. The average molecular weight is 311 g/mol. The van der Waals surface area contributed by atoms with Crippen molar-refractivity contribution in [1.82, 2.24) is 9.80 Å². The molecule has 2 nitrogen and oxygen atoms in total. The summed E-state index contributed by atoms with van der Waals surface area (Å²) in [4.78, 5) is 5.16. The van der Waals surface area contributed by atoms with Crippen LogP contribution in [-0.4, -0.2) is 49.1 Å². The van der Waals surface area contributed by atoms with Crippen LogP contribution in [0.25, 0.3) is 0 Å². The van der Waals surface area contributed by atoms with Crippen molar-refractivity contribution in [3.63, 3.8) is 0 Å². The zero-order valence-corrected chi connectivity index (χ0v) is 16.5. The molecule has 2 heteroatoms. The highest BCUT2D eigenvalue weighted by Crippen LogP contribution is 2.43. The molecule has 0 aromatic carbocycles. The van der Waals surface area contributed by atoms with E-state index in [2.05, 4.69) is 44.5 Å². The number of likely N-dealkylation sites (N-methyl/N-ethyl adjacent to an activating group) is 2. The minimum Gasteiger partial charge on any atom is -0.301 e. The average Bonchev–Trinajstić information content (AvgIpc) is 2.47. The Morgan fingerprint density at radius 3 is 2.14 bits per heavy atom. The van der Waals surface area contributed by atoms with Crippen molar-refractivity contribution >= 4 is 0 Å². The molecule has 0 bridgehead atoms. The summed E-state index contributed by atoms with van der Waals surface area (Å²) in [6, 6.07) is 0.825. The van der Waals surface area contributed by atoms with E-state index in [0.717, 1.165) is 17.9 Å². The van der Waals surface area contributed by atoms with Crippen LogP contribution in [0.4, 0.5) is 0 Å². The predicted molar refractivity (Wildman–Crippen MR) is 99.4 cm³/mol. The minimum absolute atomic E-state index is 0.619. The summed E-state index contributed by atoms with van der Waals surface area (Å²) >= 11 is 0. The lowest BCUT2D eigenvalue weighted by Crippen LogP contribution is -2.58. The maximum Gasteiger partial charge on any atom is 0.0347 e. The molecule has 1 saturated heterocycles. The molecular formula is C20H42N2. The maximum absolute atomic E-state index is 2.62. The van der Waals surface area contributed by atoms with E-state index in [9.17, 15) is 0 Å². The molecule has 1 aliphatic heterocycles. The molecule has 2 aliphatic rings. The second-order valence-corrected chi connectivity index (χ2v) is 8.13. The van der Waals surface area contributed by atoms with Crippen LogP contribution in [-0.2, 0) is 0 Å². The minimum atomic E-state index is 0.619. The quantitative estimate of drug-likeness (QED) is 0.689. The zero-order valence-electron chi connectivity index (χ0n) is 16.5. The molecule has 132 valence electrons. The van der Waals surface area contributed by atoms with Crippen molar-refractivity contribution in [1.29, 1.82) is 0 Å². The van der Waals surface area contributed by atoms with Gasteiger partial charge in [0, 0.05) is 19.1 Å². The molecule has 0 aromatic heterocycles. The topological polar surface area (TPSA) is 6.48 Å². The smallest absolute Gasteiger partial charge is 0.0347 e. The summed E-state index contributed by atoms with van der Waals surface area (Å²) in [6.07, 6.45) is 7.23. The Morgan fingerprint density at radius 1 is 1.14 bits per heavy atom. The van der Waals surface area contributed by atoms with Crippen molar-refractivity contribution in [2.75, 3.05) is 33.2 Å². The van der Waals surface area contributed by atoms with Crippen LogP contribution in [0.5, 0.6) is 0 Å². The largest absolute Gasteiger partial charge is 0.301 e. The Hall–Kier alpha value is -0.0800. The molecule has 0 spiro atoms. The van der Waals surface area contributed by atoms with E-state index in [-0.39, 0.29) is 0 Å². The van der Waals surface area contributed by atoms with E-state index in [1.165, 1.54) is 58.3 Å². The normalized spacial score (nSPS) is 30.1. The predicted octanol–water partition coefficient (Wildman–Crippen LogP) is 4.89. The molecule has 1 saturated carbocycles. The van der Waals surface area contributed by atoms with Crippen molar-refractivity contribution < 1.29 is 0 Å². The van der Waals surface area contributed by atoms with E-state index >= 15 is 0 Å². The molecule has 2 fully saturated rings. The Balaban J connectivity index is 0.00000116. The molecule has 0 amide bonds. The second kappa shape index (κ2) is 9.27. The van der Waals surface area contributed by atoms with Gasteiger partial charge in [0.2, 0.25) is 0 Å². The Bertz CT molecular complexity index is 286. The molecule has 0 atom stereocenters. The third-order valence-electron chi connectivity index (χ3n) is 6.26. The van der Waals surface area contributed by atoms with Crippen LogP contribution in [0.3, 0.4) is 0 Å². The van der Waals surface area contributed by atoms with Gasteiger partial charge >= 0.3 is 0 Å². The van der Waals surface area contributed by atoms with Gasteiger partial charge < -0.3 is 9.80 Å². The standard InChI is InChI=1S/C18H36N2.C2H6/c1-6-20-13-17(14-20)19(5)12-11-18(4)9-7-16(8-10-18)15(2)3;1-2/h15-17H,6-14H2,1-5H3;1-2H3. The molecule has 1 aliphatic carbocycles. The number of rotatable bonds is 6. The first kappa shape index (κ1) is 20.0. The SMILES string of the molecule is CC.CCN1CC(N(C)CCC2(C)CCC(C(C)C)CC2)C1. The van der Waals surface area contributed by atoms with Gasteiger partial charge in [0.1, 0.15) is 0 Å². The monoisotopic (exact) mass is 310 g/mol. The molecule has 0 radical (unpaired) electrons. The molecule has 2 rings (SSSR count). The van der Waals surface area contributed by atoms with Crippen LogP contribution in [0.15, 0.2) is 0 Å². The zero-order chi connectivity index (χ0) is 16.8. The van der Waals surface area contributed by atoms with Gasteiger partial charge in [-0.05, 0) is 69.5 Å².